The van der Waals surface area contributed by atoms with Crippen LogP contribution in [-0.2, 0) is 18.4 Å². The second kappa shape index (κ2) is 5.44. The normalized spacial score (nSPS) is 10.8. The van der Waals surface area contributed by atoms with Crippen LogP contribution in [0.1, 0.15) is 21.5 Å². The van der Waals surface area contributed by atoms with Crippen LogP contribution in [0.5, 0.6) is 0 Å². The molecular formula is C18H17NO2. The van der Waals surface area contributed by atoms with Crippen LogP contribution in [0, 0.1) is 6.92 Å². The number of esters is 1. The smallest absolute Gasteiger partial charge is 0.340 e. The molecule has 0 spiro atoms. The monoisotopic (exact) mass is 279 g/mol. The van der Waals surface area contributed by atoms with Gasteiger partial charge in [0.05, 0.1) is 5.56 Å². The number of fused-ring (bicyclic) bond motifs is 1. The summed E-state index contributed by atoms with van der Waals surface area (Å²) in [6, 6.07) is 15.8. The predicted molar refractivity (Wildman–Crippen MR) is 83.2 cm³/mol. The highest BCUT2D eigenvalue weighted by Gasteiger charge is 2.14. The number of para-hydroxylation sites is 1. The molecule has 0 aliphatic rings. The summed E-state index contributed by atoms with van der Waals surface area (Å²) >= 11 is 0. The third kappa shape index (κ3) is 2.68. The second-order valence-electron chi connectivity index (χ2n) is 5.24. The quantitative estimate of drug-likeness (QED) is 0.682. The first-order valence-corrected chi connectivity index (χ1v) is 6.92. The topological polar surface area (TPSA) is 31.2 Å². The standard InChI is InChI=1S/C18H17NO2/c1-13-6-5-7-14(10-13)12-21-18(20)16-11-19(2)17-9-4-3-8-15(16)17/h3-11H,12H2,1-2H3. The van der Waals surface area contributed by atoms with Crippen molar-refractivity contribution in [1.29, 1.82) is 0 Å². The largest absolute Gasteiger partial charge is 0.457 e. The average Bonchev–Trinajstić information content (AvgIpc) is 2.83. The van der Waals surface area contributed by atoms with Crippen LogP contribution < -0.4 is 0 Å². The van der Waals surface area contributed by atoms with Gasteiger partial charge in [0.2, 0.25) is 0 Å². The maximum Gasteiger partial charge on any atom is 0.340 e. The predicted octanol–water partition coefficient (Wildman–Crippen LogP) is 3.84. The van der Waals surface area contributed by atoms with E-state index >= 15 is 0 Å². The molecule has 1 aromatic heterocycles. The van der Waals surface area contributed by atoms with Gasteiger partial charge in [-0.2, -0.15) is 0 Å². The highest BCUT2D eigenvalue weighted by atomic mass is 16.5. The molecule has 0 N–H and O–H groups in total. The number of hydrogen-bond acceptors (Lipinski definition) is 2. The Morgan fingerprint density at radius 3 is 2.76 bits per heavy atom. The molecule has 0 saturated heterocycles. The Bertz CT molecular complexity index is 802. The number of carbonyl (C=O) groups excluding carboxylic acids is 1. The molecule has 3 heteroatoms. The van der Waals surface area contributed by atoms with Crippen LogP contribution in [0.25, 0.3) is 10.9 Å². The molecule has 21 heavy (non-hydrogen) atoms. The van der Waals surface area contributed by atoms with E-state index in [2.05, 4.69) is 0 Å². The number of aryl methyl sites for hydroxylation is 2. The summed E-state index contributed by atoms with van der Waals surface area (Å²) in [6.45, 7) is 2.32. The minimum atomic E-state index is -0.284. The summed E-state index contributed by atoms with van der Waals surface area (Å²) in [4.78, 5) is 12.3. The van der Waals surface area contributed by atoms with E-state index in [9.17, 15) is 4.79 Å². The van der Waals surface area contributed by atoms with E-state index < -0.39 is 0 Å². The van der Waals surface area contributed by atoms with Crippen molar-refractivity contribution >= 4 is 16.9 Å². The van der Waals surface area contributed by atoms with Crippen LogP contribution >= 0.6 is 0 Å². The molecule has 0 bridgehead atoms. The molecule has 0 amide bonds. The van der Waals surface area contributed by atoms with Gasteiger partial charge in [0, 0.05) is 24.1 Å². The number of aromatic nitrogens is 1. The van der Waals surface area contributed by atoms with E-state index in [1.54, 1.807) is 0 Å². The van der Waals surface area contributed by atoms with Gasteiger partial charge in [-0.3, -0.25) is 0 Å². The maximum atomic E-state index is 12.3. The molecule has 0 radical (unpaired) electrons. The summed E-state index contributed by atoms with van der Waals surface area (Å²) in [5.74, 6) is -0.284. The Hall–Kier alpha value is -2.55. The Morgan fingerprint density at radius 1 is 1.14 bits per heavy atom. The van der Waals surface area contributed by atoms with Gasteiger partial charge < -0.3 is 9.30 Å². The van der Waals surface area contributed by atoms with Gasteiger partial charge in [0.1, 0.15) is 6.61 Å². The summed E-state index contributed by atoms with van der Waals surface area (Å²) < 4.78 is 7.38. The molecule has 3 aromatic rings. The maximum absolute atomic E-state index is 12.3. The van der Waals surface area contributed by atoms with Gasteiger partial charge >= 0.3 is 5.97 Å². The van der Waals surface area contributed by atoms with Crippen molar-refractivity contribution in [3.8, 4) is 0 Å². The molecule has 0 saturated carbocycles. The van der Waals surface area contributed by atoms with Crippen LogP contribution in [0.2, 0.25) is 0 Å². The number of benzene rings is 2. The van der Waals surface area contributed by atoms with Crippen molar-refractivity contribution in [2.24, 2.45) is 7.05 Å². The SMILES string of the molecule is Cc1cccc(COC(=O)c2cn(C)c3ccccc23)c1. The van der Waals surface area contributed by atoms with Crippen molar-refractivity contribution in [3.05, 3.63) is 71.4 Å². The van der Waals surface area contributed by atoms with E-state index in [4.69, 9.17) is 4.74 Å². The first-order valence-electron chi connectivity index (χ1n) is 6.92. The fourth-order valence-corrected chi connectivity index (χ4v) is 2.53. The summed E-state index contributed by atoms with van der Waals surface area (Å²) in [7, 11) is 1.93. The fourth-order valence-electron chi connectivity index (χ4n) is 2.53. The molecule has 106 valence electrons. The van der Waals surface area contributed by atoms with Gasteiger partial charge in [0.15, 0.2) is 0 Å². The Kier molecular flexibility index (Phi) is 3.48. The number of ether oxygens (including phenoxy) is 1. The Balaban J connectivity index is 1.81. The average molecular weight is 279 g/mol. The molecule has 3 rings (SSSR count). The number of hydrogen-bond donors (Lipinski definition) is 0. The molecule has 0 atom stereocenters. The van der Waals surface area contributed by atoms with Crippen molar-refractivity contribution in [3.63, 3.8) is 0 Å². The first kappa shape index (κ1) is 13.4. The third-order valence-electron chi connectivity index (χ3n) is 3.57. The van der Waals surface area contributed by atoms with E-state index in [1.807, 2.05) is 73.3 Å². The minimum absolute atomic E-state index is 0.284. The lowest BCUT2D eigenvalue weighted by molar-refractivity contribution is 0.0475. The number of carbonyl (C=O) groups is 1. The number of rotatable bonds is 3. The molecule has 1 heterocycles. The fraction of sp³-hybridized carbons (Fsp3) is 0.167. The molecule has 0 aliphatic carbocycles. The highest BCUT2D eigenvalue weighted by Crippen LogP contribution is 2.21. The van der Waals surface area contributed by atoms with Crippen LogP contribution in [0.15, 0.2) is 54.7 Å². The first-order chi connectivity index (χ1) is 10.1. The minimum Gasteiger partial charge on any atom is -0.457 e. The van der Waals surface area contributed by atoms with E-state index in [0.29, 0.717) is 12.2 Å². The van der Waals surface area contributed by atoms with Crippen LogP contribution in [-0.4, -0.2) is 10.5 Å². The van der Waals surface area contributed by atoms with Gasteiger partial charge in [0.25, 0.3) is 0 Å². The lowest BCUT2D eigenvalue weighted by Crippen LogP contribution is -2.04. The van der Waals surface area contributed by atoms with Crippen LogP contribution in [0.3, 0.4) is 0 Å². The second-order valence-corrected chi connectivity index (χ2v) is 5.24. The Labute approximate surface area is 123 Å². The summed E-state index contributed by atoms with van der Waals surface area (Å²) in [6.07, 6.45) is 1.82. The molecule has 3 nitrogen and oxygen atoms in total. The zero-order valence-corrected chi connectivity index (χ0v) is 12.2. The van der Waals surface area contributed by atoms with Crippen LogP contribution in [0.4, 0.5) is 0 Å². The van der Waals surface area contributed by atoms with Crippen molar-refractivity contribution < 1.29 is 9.53 Å². The van der Waals surface area contributed by atoms with E-state index in [0.717, 1.165) is 22.0 Å². The van der Waals surface area contributed by atoms with E-state index in [-0.39, 0.29) is 5.97 Å². The summed E-state index contributed by atoms with van der Waals surface area (Å²) in [5, 5.41) is 0.925. The van der Waals surface area contributed by atoms with Gasteiger partial charge in [-0.15, -0.1) is 0 Å². The van der Waals surface area contributed by atoms with Crippen molar-refractivity contribution in [2.75, 3.05) is 0 Å². The van der Waals surface area contributed by atoms with Gasteiger partial charge in [-0.05, 0) is 18.6 Å². The lowest BCUT2D eigenvalue weighted by atomic mass is 10.1. The third-order valence-corrected chi connectivity index (χ3v) is 3.57. The molecule has 0 aliphatic heterocycles. The summed E-state index contributed by atoms with van der Waals surface area (Å²) in [5.41, 5.74) is 3.80. The van der Waals surface area contributed by atoms with Crippen molar-refractivity contribution in [2.45, 2.75) is 13.5 Å². The molecule has 0 fully saturated rings. The molecule has 2 aromatic carbocycles. The Morgan fingerprint density at radius 2 is 1.95 bits per heavy atom. The zero-order valence-electron chi connectivity index (χ0n) is 12.2. The van der Waals surface area contributed by atoms with E-state index in [1.165, 1.54) is 0 Å². The highest BCUT2D eigenvalue weighted by molar-refractivity contribution is 6.04. The van der Waals surface area contributed by atoms with Crippen molar-refractivity contribution in [1.82, 2.24) is 4.57 Å². The van der Waals surface area contributed by atoms with Gasteiger partial charge in [-0.25, -0.2) is 4.79 Å². The molecule has 0 unspecified atom stereocenters. The molecular weight excluding hydrogens is 262 g/mol. The van der Waals surface area contributed by atoms with Gasteiger partial charge in [-0.1, -0.05) is 48.0 Å². The zero-order chi connectivity index (χ0) is 14.8. The number of nitrogens with zero attached hydrogens (tertiary/aromatic N) is 1. The lowest BCUT2D eigenvalue weighted by Gasteiger charge is -2.05.